The minimum absolute atomic E-state index is 0. The molecule has 20 nitrogen and oxygen atoms in total. The number of thioether (sulfide) groups is 1. The number of amides is 6. The highest BCUT2D eigenvalue weighted by molar-refractivity contribution is 8.00. The highest BCUT2D eigenvalue weighted by Crippen LogP contribution is 2.34. The van der Waals surface area contributed by atoms with Gasteiger partial charge in [-0.2, -0.15) is 11.8 Å². The molecule has 2 saturated heterocycles. The van der Waals surface area contributed by atoms with Crippen LogP contribution in [0, 0.1) is 35.5 Å². The number of benzene rings is 1. The average molecular weight is 1250 g/mol. The predicted octanol–water partition coefficient (Wildman–Crippen LogP) is 8.74. The van der Waals surface area contributed by atoms with Crippen LogP contribution in [0.4, 0.5) is 0 Å². The molecule has 1 unspecified atom stereocenters. The number of esters is 1. The van der Waals surface area contributed by atoms with E-state index in [1.54, 1.807) is 54.8 Å². The normalized spacial score (nSPS) is 18.1. The number of carbonyl (C=O) groups is 11. The standard InChI is InChI=1S/C64H97N7O13S2.CH4/c1-12-40(6)48(34-54(75)51-22-17-19-28-69(51)9)62(80)70(10)52(39(4)5)35-55(84-42(8)72)61-68-50(37-86-61)60(79)66-45(30-41(7)64(82)83)31-43-24-26-44(27-25-43)32-53(74)49(21-15-16-23-57(65)76)67-59(78)47(38(2)3)33-46(73)20-14-13-18-29-71-58(77)36-56(85-11)63(71)81;/h24-27,37-41,45,47-49,51-52,55-56H,12-23,28-36H2,1-11H3,(H2,65,76)(H,66,79)(H,67,78)(H,82,83);1H4/t40-,41-,45+,47-,48-,49-,51+,52+,55+,56?;/m0./s1. The van der Waals surface area contributed by atoms with Crippen molar-refractivity contribution in [2.75, 3.05) is 33.4 Å². The summed E-state index contributed by atoms with van der Waals surface area (Å²) >= 11 is 2.49. The summed E-state index contributed by atoms with van der Waals surface area (Å²) in [5.74, 6) is -6.42. The number of nitrogens with one attached hydrogen (secondary N) is 2. The molecule has 0 saturated carbocycles. The van der Waals surface area contributed by atoms with Crippen LogP contribution in [0.3, 0.4) is 0 Å². The number of thiazole rings is 1. The molecular weight excluding hydrogens is 1150 g/mol. The molecule has 0 bridgehead atoms. The van der Waals surface area contributed by atoms with Crippen LogP contribution in [-0.2, 0) is 65.5 Å². The van der Waals surface area contributed by atoms with Gasteiger partial charge in [0.2, 0.25) is 29.5 Å². The van der Waals surface area contributed by atoms with Crippen molar-refractivity contribution in [1.29, 1.82) is 0 Å². The third-order valence-corrected chi connectivity index (χ3v) is 19.1. The number of hydrogen-bond donors (Lipinski definition) is 4. The molecule has 0 aliphatic carbocycles. The van der Waals surface area contributed by atoms with Gasteiger partial charge in [-0.25, -0.2) is 4.98 Å². The van der Waals surface area contributed by atoms with Crippen LogP contribution in [0.2, 0.25) is 0 Å². The summed E-state index contributed by atoms with van der Waals surface area (Å²) in [7, 11) is 3.69. The Morgan fingerprint density at radius 1 is 0.874 bits per heavy atom. The van der Waals surface area contributed by atoms with Gasteiger partial charge in [0.1, 0.15) is 16.5 Å². The highest BCUT2D eigenvalue weighted by atomic mass is 32.2. The number of aliphatic carboxylic acids is 1. The summed E-state index contributed by atoms with van der Waals surface area (Å²) in [6.07, 6.45) is 8.21. The van der Waals surface area contributed by atoms with Crippen molar-refractivity contribution in [1.82, 2.24) is 30.3 Å². The number of likely N-dealkylation sites (N-methyl/N-ethyl adjacent to an activating group) is 1. The maximum atomic E-state index is 14.5. The van der Waals surface area contributed by atoms with E-state index < -0.39 is 71.6 Å². The number of carbonyl (C=O) groups excluding carboxylic acids is 10. The second kappa shape index (κ2) is 37.2. The fourth-order valence-corrected chi connectivity index (χ4v) is 13.0. The Morgan fingerprint density at radius 3 is 2.13 bits per heavy atom. The van der Waals surface area contributed by atoms with Gasteiger partial charge in [0.05, 0.1) is 23.3 Å². The first-order valence-electron chi connectivity index (χ1n) is 30.9. The number of ether oxygens (including phenoxy) is 1. The van der Waals surface area contributed by atoms with E-state index in [1.807, 2.05) is 48.6 Å². The van der Waals surface area contributed by atoms with E-state index in [9.17, 15) is 57.8 Å². The van der Waals surface area contributed by atoms with E-state index in [4.69, 9.17) is 10.5 Å². The number of piperidine rings is 1. The summed E-state index contributed by atoms with van der Waals surface area (Å²) < 4.78 is 5.86. The molecule has 1 aromatic carbocycles. The van der Waals surface area contributed by atoms with Crippen molar-refractivity contribution in [3.05, 3.63) is 51.5 Å². The van der Waals surface area contributed by atoms with Crippen molar-refractivity contribution in [3.8, 4) is 0 Å². The lowest BCUT2D eigenvalue weighted by molar-refractivity contribution is -0.150. The number of carboxylic acids is 1. The lowest BCUT2D eigenvalue weighted by Crippen LogP contribution is -2.48. The maximum Gasteiger partial charge on any atom is 0.306 e. The zero-order chi connectivity index (χ0) is 63.9. The van der Waals surface area contributed by atoms with Crippen LogP contribution >= 0.6 is 23.1 Å². The number of ketones is 3. The summed E-state index contributed by atoms with van der Waals surface area (Å²) in [5, 5.41) is 17.4. The second-order valence-electron chi connectivity index (χ2n) is 24.6. The summed E-state index contributed by atoms with van der Waals surface area (Å²) in [5.41, 5.74) is 6.79. The SMILES string of the molecule is C.CC[C@H](C)[C@H](CC(=O)[C@H]1CCCCN1C)C(=O)N(C)[C@H](C[C@@H](OC(C)=O)c1nc(C(=O)N[C@@H](Cc2ccc(CC(=O)[C@H](CCCCC(N)=O)NC(=O)[C@@H](CC(=O)CCCCCN3C(=O)CC(SC)C3=O)C(C)C)cc2)C[C@H](C)C(=O)O)cs1)C(C)C. The molecular formula is C65H101N7O13S2. The van der Waals surface area contributed by atoms with Gasteiger partial charge in [0.25, 0.3) is 5.91 Å². The molecule has 2 aliphatic heterocycles. The molecule has 2 fully saturated rings. The van der Waals surface area contributed by atoms with E-state index in [0.717, 1.165) is 42.7 Å². The van der Waals surface area contributed by atoms with Crippen molar-refractivity contribution in [3.63, 3.8) is 0 Å². The summed E-state index contributed by atoms with van der Waals surface area (Å²) in [6.45, 7) is 15.6. The monoisotopic (exact) mass is 1250 g/mol. The van der Waals surface area contributed by atoms with Gasteiger partial charge in [-0.1, -0.05) is 106 Å². The number of rotatable bonds is 39. The summed E-state index contributed by atoms with van der Waals surface area (Å²) in [6, 6.07) is 4.83. The molecule has 5 N–H and O–H groups in total. The van der Waals surface area contributed by atoms with E-state index in [-0.39, 0.29) is 141 Å². The lowest BCUT2D eigenvalue weighted by atomic mass is 9.83. The van der Waals surface area contributed by atoms with Gasteiger partial charge in [-0.05, 0) is 100 Å². The van der Waals surface area contributed by atoms with Gasteiger partial charge < -0.3 is 31.1 Å². The largest absolute Gasteiger partial charge is 0.481 e. The number of aromatic nitrogens is 1. The topological polar surface area (TPSA) is 290 Å². The highest BCUT2D eigenvalue weighted by Gasteiger charge is 2.40. The number of carboxylic acid groups (broad SMARTS) is 1. The van der Waals surface area contributed by atoms with Crippen LogP contribution in [0.15, 0.2) is 29.6 Å². The first kappa shape index (κ1) is 75.4. The number of Topliss-reactive ketones (excluding diaryl/α,β-unsaturated/α-hetero) is 3. The van der Waals surface area contributed by atoms with Gasteiger partial charge in [0.15, 0.2) is 17.7 Å². The number of hydrogen-bond acceptors (Lipinski definition) is 16. The molecule has 10 atom stereocenters. The maximum absolute atomic E-state index is 14.5. The van der Waals surface area contributed by atoms with E-state index in [1.165, 1.54) is 23.6 Å². The molecule has 0 spiro atoms. The smallest absolute Gasteiger partial charge is 0.306 e. The van der Waals surface area contributed by atoms with Crippen LogP contribution in [0.5, 0.6) is 0 Å². The fourth-order valence-electron chi connectivity index (χ4n) is 11.6. The zero-order valence-corrected chi connectivity index (χ0v) is 54.3. The van der Waals surface area contributed by atoms with Crippen LogP contribution in [0.1, 0.15) is 205 Å². The number of unbranched alkanes of at least 4 members (excludes halogenated alkanes) is 3. The molecule has 22 heteroatoms. The number of nitrogens with two attached hydrogens (primary N) is 1. The molecule has 0 radical (unpaired) electrons. The Labute approximate surface area is 524 Å². The number of imide groups is 1. The quantitative estimate of drug-likeness (QED) is 0.0276. The Morgan fingerprint density at radius 2 is 1.54 bits per heavy atom. The zero-order valence-electron chi connectivity index (χ0n) is 52.7. The van der Waals surface area contributed by atoms with Crippen LogP contribution in [0.25, 0.3) is 0 Å². The fraction of sp³-hybridized carbons (Fsp3) is 0.692. The molecule has 2 aliphatic rings. The molecule has 6 amide bonds. The van der Waals surface area contributed by atoms with Gasteiger partial charge >= 0.3 is 11.9 Å². The van der Waals surface area contributed by atoms with E-state index in [0.29, 0.717) is 55.6 Å². The third-order valence-electron chi connectivity index (χ3n) is 17.2. The van der Waals surface area contributed by atoms with Gasteiger partial charge in [0, 0.05) is 94.8 Å². The van der Waals surface area contributed by atoms with Gasteiger partial charge in [-0.15, -0.1) is 11.3 Å². The minimum atomic E-state index is -1.05. The van der Waals surface area contributed by atoms with E-state index >= 15 is 0 Å². The number of primary amides is 1. The molecule has 1 aromatic heterocycles. The first-order valence-corrected chi connectivity index (χ1v) is 33.1. The number of nitrogens with zero attached hydrogens (tertiary/aromatic N) is 4. The van der Waals surface area contributed by atoms with Crippen LogP contribution in [-0.4, -0.2) is 152 Å². The molecule has 486 valence electrons. The van der Waals surface area contributed by atoms with Gasteiger partial charge in [-0.3, -0.25) is 62.5 Å². The molecule has 87 heavy (non-hydrogen) atoms. The van der Waals surface area contributed by atoms with E-state index in [2.05, 4.69) is 20.5 Å². The first-order chi connectivity index (χ1) is 40.6. The molecule has 3 heterocycles. The molecule has 4 rings (SSSR count). The summed E-state index contributed by atoms with van der Waals surface area (Å²) in [4.78, 5) is 154. The van der Waals surface area contributed by atoms with Crippen molar-refractivity contribution in [2.45, 2.75) is 220 Å². The lowest BCUT2D eigenvalue weighted by Gasteiger charge is -2.37. The Kier molecular flexibility index (Phi) is 32.2. The van der Waals surface area contributed by atoms with Crippen molar-refractivity contribution in [2.24, 2.45) is 41.2 Å². The second-order valence-corrected chi connectivity index (χ2v) is 26.5. The predicted molar refractivity (Wildman–Crippen MR) is 338 cm³/mol. The third kappa shape index (κ3) is 23.9. The Bertz CT molecular complexity index is 2650. The average Bonchev–Trinajstić information content (AvgIpc) is 3.95. The number of likely N-dealkylation sites (tertiary alicyclic amines) is 2. The van der Waals surface area contributed by atoms with Crippen LogP contribution < -0.4 is 16.4 Å². The Balaban J connectivity index is 0.0000198. The molecule has 2 aromatic rings. The minimum Gasteiger partial charge on any atom is -0.481 e. The van der Waals surface area contributed by atoms with Crippen molar-refractivity contribution >= 4 is 87.8 Å². The van der Waals surface area contributed by atoms with Crippen molar-refractivity contribution < 1.29 is 62.6 Å². The Hall–Kier alpha value is -5.87.